The number of methoxy groups -OCH3 is 1. The summed E-state index contributed by atoms with van der Waals surface area (Å²) < 4.78 is 36.0. The Hall–Kier alpha value is -3.13. The molecule has 1 aliphatic carbocycles. The van der Waals surface area contributed by atoms with Crippen LogP contribution in [0.3, 0.4) is 0 Å². The largest absolute Gasteiger partial charge is 0.495 e. The number of aromatic nitrogens is 2. The van der Waals surface area contributed by atoms with Crippen LogP contribution in [-0.2, 0) is 29.9 Å². The van der Waals surface area contributed by atoms with E-state index in [9.17, 15) is 13.2 Å². The molecule has 3 aromatic rings. The molecule has 168 valence electrons. The molecule has 0 saturated heterocycles. The highest BCUT2D eigenvalue weighted by Crippen LogP contribution is 2.32. The Bertz CT molecular complexity index is 1360. The van der Waals surface area contributed by atoms with E-state index >= 15 is 0 Å². The van der Waals surface area contributed by atoms with E-state index in [-0.39, 0.29) is 10.5 Å². The topological polar surface area (TPSA) is 90.3 Å². The van der Waals surface area contributed by atoms with Crippen molar-refractivity contribution in [1.29, 1.82) is 0 Å². The molecule has 0 bridgehead atoms. The molecule has 2 aromatic carbocycles. The average molecular weight is 454 g/mol. The Labute approximate surface area is 188 Å². The van der Waals surface area contributed by atoms with Gasteiger partial charge >= 0.3 is 0 Å². The Kier molecular flexibility index (Phi) is 5.81. The van der Waals surface area contributed by atoms with E-state index < -0.39 is 10.0 Å². The normalized spacial score (nSPS) is 13.5. The van der Waals surface area contributed by atoms with Gasteiger partial charge < -0.3 is 4.74 Å². The minimum absolute atomic E-state index is 0.0726. The van der Waals surface area contributed by atoms with Gasteiger partial charge in [-0.2, -0.15) is 5.10 Å². The molecule has 1 aromatic heterocycles. The second kappa shape index (κ2) is 8.43. The summed E-state index contributed by atoms with van der Waals surface area (Å²) in [5.41, 5.74) is 4.91. The lowest BCUT2D eigenvalue weighted by Crippen LogP contribution is -2.28. The molecule has 4 rings (SSSR count). The maximum Gasteiger partial charge on any atom is 0.269 e. The first-order chi connectivity index (χ1) is 15.2. The van der Waals surface area contributed by atoms with Gasteiger partial charge in [0.25, 0.3) is 15.6 Å². The molecule has 7 nitrogen and oxygen atoms in total. The molecule has 0 saturated carbocycles. The zero-order chi connectivity index (χ0) is 23.0. The highest BCUT2D eigenvalue weighted by atomic mass is 32.2. The number of nitrogens with one attached hydrogen (secondary N) is 1. The Balaban J connectivity index is 1.82. The summed E-state index contributed by atoms with van der Waals surface area (Å²) in [5.74, 6) is 0.446. The van der Waals surface area contributed by atoms with Crippen molar-refractivity contribution in [1.82, 2.24) is 9.78 Å². The summed E-state index contributed by atoms with van der Waals surface area (Å²) in [6, 6.07) is 10.6. The first kappa shape index (κ1) is 22.1. The minimum Gasteiger partial charge on any atom is -0.495 e. The predicted octanol–water partition coefficient (Wildman–Crippen LogP) is 3.75. The third-order valence-corrected chi connectivity index (χ3v) is 7.41. The quantitative estimate of drug-likeness (QED) is 0.635. The van der Waals surface area contributed by atoms with Crippen LogP contribution < -0.4 is 15.0 Å². The van der Waals surface area contributed by atoms with Gasteiger partial charge in [0.05, 0.1) is 23.4 Å². The van der Waals surface area contributed by atoms with Gasteiger partial charge in [0.2, 0.25) is 0 Å². The van der Waals surface area contributed by atoms with E-state index in [0.29, 0.717) is 28.3 Å². The lowest BCUT2D eigenvalue weighted by molar-refractivity contribution is 0.417. The average Bonchev–Trinajstić information content (AvgIpc) is 2.76. The summed E-state index contributed by atoms with van der Waals surface area (Å²) >= 11 is 0. The van der Waals surface area contributed by atoms with Gasteiger partial charge in [-0.15, -0.1) is 0 Å². The maximum atomic E-state index is 13.4. The van der Waals surface area contributed by atoms with E-state index in [1.807, 2.05) is 19.1 Å². The fourth-order valence-corrected chi connectivity index (χ4v) is 5.56. The number of ether oxygens (including phenoxy) is 1. The highest BCUT2D eigenvalue weighted by Gasteiger charge is 2.24. The number of anilines is 1. The number of fused-ring (bicyclic) bond motifs is 1. The monoisotopic (exact) mass is 453 g/mol. The van der Waals surface area contributed by atoms with Crippen molar-refractivity contribution in [2.75, 3.05) is 11.8 Å². The van der Waals surface area contributed by atoms with Crippen LogP contribution in [0.1, 0.15) is 35.1 Å². The van der Waals surface area contributed by atoms with Gasteiger partial charge in [-0.3, -0.25) is 9.52 Å². The fourth-order valence-electron chi connectivity index (χ4n) is 4.22. The van der Waals surface area contributed by atoms with Gasteiger partial charge in [0.15, 0.2) is 0 Å². The smallest absolute Gasteiger partial charge is 0.269 e. The predicted molar refractivity (Wildman–Crippen MR) is 125 cm³/mol. The van der Waals surface area contributed by atoms with Crippen molar-refractivity contribution in [3.8, 4) is 17.0 Å². The van der Waals surface area contributed by atoms with Gasteiger partial charge in [0.1, 0.15) is 5.75 Å². The first-order valence-electron chi connectivity index (χ1n) is 10.6. The van der Waals surface area contributed by atoms with Gasteiger partial charge in [-0.25, -0.2) is 13.1 Å². The number of hydrogen-bond donors (Lipinski definition) is 1. The van der Waals surface area contributed by atoms with Gasteiger partial charge in [-0.1, -0.05) is 18.2 Å². The molecule has 0 amide bonds. The van der Waals surface area contributed by atoms with Crippen LogP contribution in [-0.4, -0.2) is 25.3 Å². The molecule has 1 N–H and O–H groups in total. The van der Waals surface area contributed by atoms with Gasteiger partial charge in [0, 0.05) is 18.2 Å². The minimum atomic E-state index is -3.89. The number of sulfonamides is 1. The van der Waals surface area contributed by atoms with Crippen LogP contribution in [0.25, 0.3) is 11.3 Å². The van der Waals surface area contributed by atoms with Crippen LogP contribution in [0.2, 0.25) is 0 Å². The standard InChI is InChI=1S/C24H27N3O4S/c1-15-9-12-21(31-4)20(13-15)26-32(29,30)22-14-17(11-10-16(22)2)23-18-7-5-6-8-19(18)24(28)27(3)25-23/h9-14,26H,5-8H2,1-4H3. The van der Waals surface area contributed by atoms with Gasteiger partial charge in [-0.05, 0) is 74.4 Å². The summed E-state index contributed by atoms with van der Waals surface area (Å²) in [5, 5.41) is 4.50. The third kappa shape index (κ3) is 4.02. The van der Waals surface area contributed by atoms with Crippen LogP contribution in [0.5, 0.6) is 5.75 Å². The molecular weight excluding hydrogens is 426 g/mol. The molecule has 0 spiro atoms. The number of rotatable bonds is 5. The van der Waals surface area contributed by atoms with E-state index in [0.717, 1.165) is 42.4 Å². The zero-order valence-corrected chi connectivity index (χ0v) is 19.5. The molecule has 0 fully saturated rings. The number of benzene rings is 2. The van der Waals surface area contributed by atoms with Crippen LogP contribution in [0, 0.1) is 13.8 Å². The number of aryl methyl sites for hydroxylation is 3. The molecule has 8 heteroatoms. The molecule has 0 aliphatic heterocycles. The van der Waals surface area contributed by atoms with Crippen molar-refractivity contribution < 1.29 is 13.2 Å². The molecule has 1 heterocycles. The lowest BCUT2D eigenvalue weighted by Gasteiger charge is -2.20. The fraction of sp³-hybridized carbons (Fsp3) is 0.333. The molecule has 0 unspecified atom stereocenters. The maximum absolute atomic E-state index is 13.4. The third-order valence-electron chi connectivity index (χ3n) is 5.91. The SMILES string of the molecule is COc1ccc(C)cc1NS(=O)(=O)c1cc(-c2nn(C)c(=O)c3c2CCCC3)ccc1C. The Morgan fingerprint density at radius 3 is 2.47 bits per heavy atom. The molecule has 0 radical (unpaired) electrons. The molecule has 0 atom stereocenters. The molecule has 1 aliphatic rings. The molecule has 32 heavy (non-hydrogen) atoms. The van der Waals surface area contributed by atoms with E-state index in [1.54, 1.807) is 38.2 Å². The second-order valence-corrected chi connectivity index (χ2v) is 9.88. The summed E-state index contributed by atoms with van der Waals surface area (Å²) in [7, 11) is -0.750. The Morgan fingerprint density at radius 1 is 1.03 bits per heavy atom. The zero-order valence-electron chi connectivity index (χ0n) is 18.7. The second-order valence-electron chi connectivity index (χ2n) is 8.23. The van der Waals surface area contributed by atoms with Crippen molar-refractivity contribution >= 4 is 15.7 Å². The van der Waals surface area contributed by atoms with Crippen molar-refractivity contribution in [2.45, 2.75) is 44.4 Å². The van der Waals surface area contributed by atoms with Crippen molar-refractivity contribution in [2.24, 2.45) is 7.05 Å². The molecular formula is C24H27N3O4S. The van der Waals surface area contributed by atoms with Crippen molar-refractivity contribution in [3.05, 3.63) is 69.0 Å². The van der Waals surface area contributed by atoms with E-state index in [1.165, 1.54) is 11.8 Å². The Morgan fingerprint density at radius 2 is 1.75 bits per heavy atom. The van der Waals surface area contributed by atoms with Crippen LogP contribution in [0.4, 0.5) is 5.69 Å². The highest BCUT2D eigenvalue weighted by molar-refractivity contribution is 7.92. The van der Waals surface area contributed by atoms with Crippen LogP contribution >= 0.6 is 0 Å². The lowest BCUT2D eigenvalue weighted by atomic mass is 9.89. The number of nitrogens with zero attached hydrogens (tertiary/aromatic N) is 2. The summed E-state index contributed by atoms with van der Waals surface area (Å²) in [6.45, 7) is 3.65. The van der Waals surface area contributed by atoms with E-state index in [2.05, 4.69) is 9.82 Å². The first-order valence-corrected chi connectivity index (χ1v) is 12.1. The van der Waals surface area contributed by atoms with Crippen LogP contribution in [0.15, 0.2) is 46.1 Å². The van der Waals surface area contributed by atoms with E-state index in [4.69, 9.17) is 4.74 Å². The summed E-state index contributed by atoms with van der Waals surface area (Å²) in [6.07, 6.45) is 3.45. The number of hydrogen-bond acceptors (Lipinski definition) is 5. The van der Waals surface area contributed by atoms with Crippen molar-refractivity contribution in [3.63, 3.8) is 0 Å². The summed E-state index contributed by atoms with van der Waals surface area (Å²) in [4.78, 5) is 12.7.